The van der Waals surface area contributed by atoms with Crippen LogP contribution in [0.2, 0.25) is 0 Å². The molecule has 0 aliphatic heterocycles. The van der Waals surface area contributed by atoms with E-state index in [9.17, 15) is 17.6 Å². The lowest BCUT2D eigenvalue weighted by molar-refractivity contribution is -0.275. The predicted octanol–water partition coefficient (Wildman–Crippen LogP) is 7.49. The molecule has 4 rings (SSSR count). The van der Waals surface area contributed by atoms with Gasteiger partial charge in [-0.1, -0.05) is 55.8 Å². The third-order valence-corrected chi connectivity index (χ3v) is 5.96. The van der Waals surface area contributed by atoms with Crippen molar-refractivity contribution in [2.45, 2.75) is 57.7 Å². The molecule has 1 aliphatic rings. The Morgan fingerprint density at radius 2 is 1.77 bits per heavy atom. The Morgan fingerprint density at radius 3 is 2.53 bits per heavy atom. The molecule has 1 nitrogen and oxygen atoms in total. The van der Waals surface area contributed by atoms with Crippen molar-refractivity contribution in [2.24, 2.45) is 0 Å². The monoisotopic (exact) mass is 416 g/mol. The van der Waals surface area contributed by atoms with Crippen molar-refractivity contribution in [1.29, 1.82) is 0 Å². The van der Waals surface area contributed by atoms with Gasteiger partial charge in [0.05, 0.1) is 0 Å². The summed E-state index contributed by atoms with van der Waals surface area (Å²) in [7, 11) is 0. The Kier molecular flexibility index (Phi) is 5.72. The van der Waals surface area contributed by atoms with E-state index in [0.717, 1.165) is 18.1 Å². The number of fused-ring (bicyclic) bond motifs is 2. The molecule has 0 saturated carbocycles. The van der Waals surface area contributed by atoms with E-state index in [1.807, 2.05) is 0 Å². The molecule has 5 heteroatoms. The molecular weight excluding hydrogens is 392 g/mol. The average Bonchev–Trinajstić information content (AvgIpc) is 2.72. The molecule has 0 N–H and O–H groups in total. The van der Waals surface area contributed by atoms with Crippen LogP contribution < -0.4 is 4.74 Å². The smallest absolute Gasteiger partial charge is 0.403 e. The van der Waals surface area contributed by atoms with Gasteiger partial charge in [0.2, 0.25) is 0 Å². The quantitative estimate of drug-likeness (QED) is 0.392. The molecule has 0 saturated heterocycles. The molecule has 0 amide bonds. The van der Waals surface area contributed by atoms with Gasteiger partial charge in [-0.25, -0.2) is 4.39 Å². The lowest BCUT2D eigenvalue weighted by atomic mass is 9.79. The fraction of sp³-hybridized carbons (Fsp3) is 0.360. The predicted molar refractivity (Wildman–Crippen MR) is 110 cm³/mol. The van der Waals surface area contributed by atoms with Crippen LogP contribution in [0.3, 0.4) is 0 Å². The molecule has 0 aromatic heterocycles. The van der Waals surface area contributed by atoms with E-state index in [4.69, 9.17) is 0 Å². The van der Waals surface area contributed by atoms with Gasteiger partial charge in [-0.15, -0.1) is 13.2 Å². The summed E-state index contributed by atoms with van der Waals surface area (Å²) in [6.45, 7) is 2.19. The van der Waals surface area contributed by atoms with Crippen LogP contribution in [0, 0.1) is 5.82 Å². The minimum absolute atomic E-state index is 0.218. The average molecular weight is 416 g/mol. The van der Waals surface area contributed by atoms with Gasteiger partial charge < -0.3 is 4.74 Å². The van der Waals surface area contributed by atoms with E-state index < -0.39 is 17.9 Å². The van der Waals surface area contributed by atoms with Gasteiger partial charge in [0.1, 0.15) is 0 Å². The van der Waals surface area contributed by atoms with Gasteiger partial charge in [-0.05, 0) is 77.1 Å². The first-order valence-electron chi connectivity index (χ1n) is 10.4. The second-order valence-corrected chi connectivity index (χ2v) is 8.05. The minimum Gasteiger partial charge on any atom is -0.403 e. The molecule has 158 valence electrons. The number of benzene rings is 3. The van der Waals surface area contributed by atoms with E-state index in [-0.39, 0.29) is 5.92 Å². The van der Waals surface area contributed by atoms with Crippen LogP contribution in [0.5, 0.6) is 5.75 Å². The minimum atomic E-state index is -4.90. The van der Waals surface area contributed by atoms with E-state index in [1.54, 1.807) is 6.07 Å². The number of aryl methyl sites for hydroxylation is 1. The highest BCUT2D eigenvalue weighted by atomic mass is 19.4. The van der Waals surface area contributed by atoms with E-state index in [0.29, 0.717) is 24.8 Å². The summed E-state index contributed by atoms with van der Waals surface area (Å²) >= 11 is 0. The van der Waals surface area contributed by atoms with Gasteiger partial charge in [0, 0.05) is 0 Å². The second-order valence-electron chi connectivity index (χ2n) is 8.05. The summed E-state index contributed by atoms with van der Waals surface area (Å²) in [6.07, 6.45) is 0.238. The van der Waals surface area contributed by atoms with Crippen LogP contribution in [0.4, 0.5) is 17.6 Å². The Morgan fingerprint density at radius 1 is 1.00 bits per heavy atom. The number of unbranched alkanes of at least 4 members (excludes halogenated alkanes) is 1. The summed E-state index contributed by atoms with van der Waals surface area (Å²) in [5.41, 5.74) is 3.63. The molecule has 3 aromatic rings. The topological polar surface area (TPSA) is 9.23 Å². The number of alkyl halides is 3. The first-order valence-corrected chi connectivity index (χ1v) is 10.4. The van der Waals surface area contributed by atoms with Gasteiger partial charge in [0.15, 0.2) is 11.6 Å². The van der Waals surface area contributed by atoms with Gasteiger partial charge in [-0.3, -0.25) is 0 Å². The van der Waals surface area contributed by atoms with Crippen LogP contribution in [0.25, 0.3) is 10.8 Å². The van der Waals surface area contributed by atoms with Crippen LogP contribution >= 0.6 is 0 Å². The van der Waals surface area contributed by atoms with Crippen LogP contribution in [0.1, 0.15) is 54.4 Å². The van der Waals surface area contributed by atoms with Crippen molar-refractivity contribution in [3.63, 3.8) is 0 Å². The highest BCUT2D eigenvalue weighted by Crippen LogP contribution is 2.38. The first-order chi connectivity index (χ1) is 14.3. The molecule has 3 aromatic carbocycles. The molecule has 0 heterocycles. The molecule has 0 spiro atoms. The first kappa shape index (κ1) is 20.7. The van der Waals surface area contributed by atoms with E-state index in [2.05, 4.69) is 48.1 Å². The van der Waals surface area contributed by atoms with Crippen molar-refractivity contribution in [3.05, 3.63) is 76.6 Å². The molecule has 0 bridgehead atoms. The number of ether oxygens (including phenoxy) is 1. The summed E-state index contributed by atoms with van der Waals surface area (Å²) in [6, 6.07) is 15.7. The lowest BCUT2D eigenvalue weighted by Gasteiger charge is -2.26. The standard InChI is InChI=1S/C25H24F4O/c1-2-3-4-16-5-6-18-14-19(8-7-17(18)13-16)20-9-11-22-21(15-20)10-12-23(24(22)26)30-25(27,28)29/h5-8,10,12-14,20H,2-4,9,11,15H2,1H3. The lowest BCUT2D eigenvalue weighted by Crippen LogP contribution is -2.20. The highest BCUT2D eigenvalue weighted by Gasteiger charge is 2.34. The van der Waals surface area contributed by atoms with Crippen molar-refractivity contribution in [2.75, 3.05) is 0 Å². The Balaban J connectivity index is 1.55. The Bertz CT molecular complexity index is 1050. The number of rotatable bonds is 5. The van der Waals surface area contributed by atoms with Crippen molar-refractivity contribution in [3.8, 4) is 5.75 Å². The second kappa shape index (κ2) is 8.29. The molecule has 1 unspecified atom stereocenters. The van der Waals surface area contributed by atoms with E-state index in [1.165, 1.54) is 34.7 Å². The summed E-state index contributed by atoms with van der Waals surface area (Å²) in [5.74, 6) is -1.42. The van der Waals surface area contributed by atoms with Crippen molar-refractivity contribution in [1.82, 2.24) is 0 Å². The van der Waals surface area contributed by atoms with Gasteiger partial charge in [-0.2, -0.15) is 0 Å². The molecule has 30 heavy (non-hydrogen) atoms. The number of halogens is 4. The third-order valence-electron chi connectivity index (χ3n) is 5.96. The maximum atomic E-state index is 14.5. The summed E-state index contributed by atoms with van der Waals surface area (Å²) < 4.78 is 55.7. The van der Waals surface area contributed by atoms with Crippen LogP contribution in [-0.4, -0.2) is 6.36 Å². The highest BCUT2D eigenvalue weighted by molar-refractivity contribution is 5.84. The maximum absolute atomic E-state index is 14.5. The van der Waals surface area contributed by atoms with Gasteiger partial charge >= 0.3 is 6.36 Å². The van der Waals surface area contributed by atoms with Crippen molar-refractivity contribution >= 4 is 10.8 Å². The largest absolute Gasteiger partial charge is 0.573 e. The SMILES string of the molecule is CCCCc1ccc2cc(C3CCc4c(ccc(OC(F)(F)F)c4F)C3)ccc2c1. The number of hydrogen-bond donors (Lipinski definition) is 0. The van der Waals surface area contributed by atoms with E-state index >= 15 is 0 Å². The molecule has 0 radical (unpaired) electrons. The van der Waals surface area contributed by atoms with Crippen LogP contribution in [0.15, 0.2) is 48.5 Å². The summed E-state index contributed by atoms with van der Waals surface area (Å²) in [4.78, 5) is 0. The molecular formula is C25H24F4O. The zero-order chi connectivity index (χ0) is 21.3. The fourth-order valence-corrected chi connectivity index (χ4v) is 4.38. The molecule has 0 fully saturated rings. The zero-order valence-electron chi connectivity index (χ0n) is 16.9. The Hall–Kier alpha value is -2.56. The molecule has 1 aliphatic carbocycles. The fourth-order valence-electron chi connectivity index (χ4n) is 4.38. The maximum Gasteiger partial charge on any atom is 0.573 e. The normalized spacial score (nSPS) is 16.5. The molecule has 1 atom stereocenters. The van der Waals surface area contributed by atoms with Crippen LogP contribution in [-0.2, 0) is 19.3 Å². The number of hydrogen-bond acceptors (Lipinski definition) is 1. The Labute approximate surface area is 173 Å². The summed E-state index contributed by atoms with van der Waals surface area (Å²) in [5, 5.41) is 2.39. The zero-order valence-corrected chi connectivity index (χ0v) is 16.9. The third kappa shape index (κ3) is 4.45. The van der Waals surface area contributed by atoms with Gasteiger partial charge in [0.25, 0.3) is 0 Å². The van der Waals surface area contributed by atoms with Crippen molar-refractivity contribution < 1.29 is 22.3 Å².